The second-order valence-electron chi connectivity index (χ2n) is 4.33. The van der Waals surface area contributed by atoms with Crippen LogP contribution < -0.4 is 0 Å². The first-order chi connectivity index (χ1) is 6.96. The lowest BCUT2D eigenvalue weighted by Crippen LogP contribution is -2.16. The average Bonchev–Trinajstić information content (AvgIpc) is 2.61. The Morgan fingerprint density at radius 1 is 1.53 bits per heavy atom. The molecular formula is C11H14N2OS. The van der Waals surface area contributed by atoms with Gasteiger partial charge in [0.25, 0.3) is 0 Å². The van der Waals surface area contributed by atoms with Crippen LogP contribution in [0, 0.1) is 12.3 Å². The first-order valence-corrected chi connectivity index (χ1v) is 5.53. The standard InChI is InChI=1S/C11H14N2OS/c1-5-6-7-8(14)9-10(11(2,3)4)12-13-15-9/h1H,6-7H2,2-4H3. The highest BCUT2D eigenvalue weighted by Gasteiger charge is 2.25. The molecule has 0 fully saturated rings. The van der Waals surface area contributed by atoms with E-state index in [4.69, 9.17) is 6.42 Å². The van der Waals surface area contributed by atoms with E-state index in [0.717, 1.165) is 17.2 Å². The van der Waals surface area contributed by atoms with Crippen molar-refractivity contribution in [3.63, 3.8) is 0 Å². The molecule has 15 heavy (non-hydrogen) atoms. The van der Waals surface area contributed by atoms with Gasteiger partial charge in [0.15, 0.2) is 5.78 Å². The Labute approximate surface area is 94.1 Å². The summed E-state index contributed by atoms with van der Waals surface area (Å²) in [6.45, 7) is 6.05. The van der Waals surface area contributed by atoms with E-state index >= 15 is 0 Å². The largest absolute Gasteiger partial charge is 0.293 e. The molecule has 3 nitrogen and oxygen atoms in total. The summed E-state index contributed by atoms with van der Waals surface area (Å²) in [5, 5.41) is 4.01. The zero-order valence-corrected chi connectivity index (χ0v) is 10.0. The van der Waals surface area contributed by atoms with Gasteiger partial charge in [-0.2, -0.15) is 0 Å². The minimum atomic E-state index is -0.145. The Bertz CT molecular complexity index is 395. The number of nitrogens with zero attached hydrogens (tertiary/aromatic N) is 2. The van der Waals surface area contributed by atoms with E-state index in [1.165, 1.54) is 0 Å². The van der Waals surface area contributed by atoms with Crippen LogP contribution in [0.3, 0.4) is 0 Å². The molecule has 1 aromatic rings. The fourth-order valence-corrected chi connectivity index (χ4v) is 2.00. The normalized spacial score (nSPS) is 11.1. The zero-order chi connectivity index (χ0) is 11.5. The molecule has 0 aromatic carbocycles. The SMILES string of the molecule is C#CCCC(=O)c1snnc1C(C)(C)C. The second-order valence-corrected chi connectivity index (χ2v) is 5.08. The van der Waals surface area contributed by atoms with Crippen molar-refractivity contribution in [2.75, 3.05) is 0 Å². The molecule has 4 heteroatoms. The second kappa shape index (κ2) is 4.54. The highest BCUT2D eigenvalue weighted by Crippen LogP contribution is 2.26. The van der Waals surface area contributed by atoms with Gasteiger partial charge in [0.2, 0.25) is 0 Å². The van der Waals surface area contributed by atoms with E-state index in [-0.39, 0.29) is 11.2 Å². The summed E-state index contributed by atoms with van der Waals surface area (Å²) in [7, 11) is 0. The summed E-state index contributed by atoms with van der Waals surface area (Å²) in [6.07, 6.45) is 5.97. The predicted molar refractivity (Wildman–Crippen MR) is 61.0 cm³/mol. The molecule has 0 N–H and O–H groups in total. The summed E-state index contributed by atoms with van der Waals surface area (Å²) in [4.78, 5) is 12.4. The van der Waals surface area contributed by atoms with E-state index in [0.29, 0.717) is 17.7 Å². The first kappa shape index (κ1) is 11.9. The van der Waals surface area contributed by atoms with Gasteiger partial charge in [-0.25, -0.2) is 0 Å². The Balaban J connectivity index is 2.92. The van der Waals surface area contributed by atoms with E-state index in [1.807, 2.05) is 20.8 Å². The number of aromatic nitrogens is 2. The molecular weight excluding hydrogens is 208 g/mol. The van der Waals surface area contributed by atoms with Crippen LogP contribution in [-0.4, -0.2) is 15.4 Å². The van der Waals surface area contributed by atoms with Crippen molar-refractivity contribution in [1.82, 2.24) is 9.59 Å². The minimum Gasteiger partial charge on any atom is -0.293 e. The van der Waals surface area contributed by atoms with Crippen LogP contribution in [0.2, 0.25) is 0 Å². The third kappa shape index (κ3) is 2.87. The lowest BCUT2D eigenvalue weighted by molar-refractivity contribution is 0.0986. The molecule has 0 aliphatic carbocycles. The Morgan fingerprint density at radius 3 is 2.73 bits per heavy atom. The summed E-state index contributed by atoms with van der Waals surface area (Å²) >= 11 is 1.16. The number of carbonyl (C=O) groups is 1. The first-order valence-electron chi connectivity index (χ1n) is 4.76. The predicted octanol–water partition coefficient (Wildman–Crippen LogP) is 2.43. The van der Waals surface area contributed by atoms with Crippen LogP contribution in [-0.2, 0) is 5.41 Å². The Morgan fingerprint density at radius 2 is 2.20 bits per heavy atom. The molecule has 0 aliphatic heterocycles. The number of hydrogen-bond donors (Lipinski definition) is 0. The van der Waals surface area contributed by atoms with E-state index < -0.39 is 0 Å². The van der Waals surface area contributed by atoms with Crippen LogP contribution >= 0.6 is 11.5 Å². The van der Waals surface area contributed by atoms with Crippen LogP contribution in [0.1, 0.15) is 49.0 Å². The van der Waals surface area contributed by atoms with Crippen molar-refractivity contribution >= 4 is 17.3 Å². The molecule has 0 atom stereocenters. The molecule has 0 saturated heterocycles. The lowest BCUT2D eigenvalue weighted by atomic mass is 9.90. The number of terminal acetylenes is 1. The molecule has 1 rings (SSSR count). The van der Waals surface area contributed by atoms with Gasteiger partial charge < -0.3 is 0 Å². The maximum atomic E-state index is 11.8. The summed E-state index contributed by atoms with van der Waals surface area (Å²) in [5.74, 6) is 2.51. The molecule has 0 bridgehead atoms. The topological polar surface area (TPSA) is 42.9 Å². The molecule has 80 valence electrons. The number of carbonyl (C=O) groups excluding carboxylic acids is 1. The average molecular weight is 222 g/mol. The third-order valence-corrected chi connectivity index (χ3v) is 2.71. The van der Waals surface area contributed by atoms with Gasteiger partial charge in [-0.3, -0.25) is 4.79 Å². The Hall–Kier alpha value is -1.21. The summed E-state index contributed by atoms with van der Waals surface area (Å²) in [5.41, 5.74) is 0.628. The van der Waals surface area contributed by atoms with Gasteiger partial charge in [-0.1, -0.05) is 25.3 Å². The molecule has 1 aromatic heterocycles. The quantitative estimate of drug-likeness (QED) is 0.582. The van der Waals surface area contributed by atoms with Crippen molar-refractivity contribution in [3.05, 3.63) is 10.6 Å². The van der Waals surface area contributed by atoms with Crippen LogP contribution in [0.15, 0.2) is 0 Å². The fraction of sp³-hybridized carbons (Fsp3) is 0.545. The smallest absolute Gasteiger partial charge is 0.177 e. The molecule has 0 aliphatic rings. The highest BCUT2D eigenvalue weighted by molar-refractivity contribution is 7.08. The molecule has 1 heterocycles. The van der Waals surface area contributed by atoms with E-state index in [9.17, 15) is 4.79 Å². The molecule has 0 unspecified atom stereocenters. The van der Waals surface area contributed by atoms with Crippen LogP contribution in [0.5, 0.6) is 0 Å². The maximum Gasteiger partial charge on any atom is 0.177 e. The third-order valence-electron chi connectivity index (χ3n) is 1.95. The van der Waals surface area contributed by atoms with Gasteiger partial charge in [-0.15, -0.1) is 17.4 Å². The Kier molecular flexibility index (Phi) is 3.59. The van der Waals surface area contributed by atoms with Crippen molar-refractivity contribution in [2.24, 2.45) is 0 Å². The number of Topliss-reactive ketones (excluding diaryl/α,β-unsaturated/α-hetero) is 1. The minimum absolute atomic E-state index is 0.0490. The number of rotatable bonds is 3. The molecule has 0 saturated carbocycles. The van der Waals surface area contributed by atoms with Gasteiger partial charge in [0.05, 0.1) is 5.69 Å². The van der Waals surface area contributed by atoms with Crippen LogP contribution in [0.4, 0.5) is 0 Å². The fourth-order valence-electron chi connectivity index (χ4n) is 1.16. The summed E-state index contributed by atoms with van der Waals surface area (Å²) < 4.78 is 3.84. The highest BCUT2D eigenvalue weighted by atomic mass is 32.1. The number of ketones is 1. The number of hydrogen-bond acceptors (Lipinski definition) is 4. The van der Waals surface area contributed by atoms with Crippen molar-refractivity contribution in [3.8, 4) is 12.3 Å². The molecule has 0 amide bonds. The van der Waals surface area contributed by atoms with Crippen LogP contribution in [0.25, 0.3) is 0 Å². The van der Waals surface area contributed by atoms with Gasteiger partial charge in [-0.05, 0) is 11.5 Å². The summed E-state index contributed by atoms with van der Waals surface area (Å²) in [6, 6.07) is 0. The van der Waals surface area contributed by atoms with Crippen molar-refractivity contribution < 1.29 is 4.79 Å². The van der Waals surface area contributed by atoms with Crippen molar-refractivity contribution in [1.29, 1.82) is 0 Å². The zero-order valence-electron chi connectivity index (χ0n) is 9.20. The molecule has 0 spiro atoms. The van der Waals surface area contributed by atoms with Gasteiger partial charge in [0.1, 0.15) is 4.88 Å². The maximum absolute atomic E-state index is 11.8. The van der Waals surface area contributed by atoms with Crippen molar-refractivity contribution in [2.45, 2.75) is 39.0 Å². The van der Waals surface area contributed by atoms with E-state index in [1.54, 1.807) is 0 Å². The van der Waals surface area contributed by atoms with Gasteiger partial charge >= 0.3 is 0 Å². The lowest BCUT2D eigenvalue weighted by Gasteiger charge is -2.15. The van der Waals surface area contributed by atoms with Gasteiger partial charge in [0, 0.05) is 18.3 Å². The van der Waals surface area contributed by atoms with E-state index in [2.05, 4.69) is 15.5 Å². The monoisotopic (exact) mass is 222 g/mol. The molecule has 0 radical (unpaired) electrons.